The fraction of sp³-hybridized carbons (Fsp3) is 0.824. The summed E-state index contributed by atoms with van der Waals surface area (Å²) in [4.78, 5) is 22.7. The lowest BCUT2D eigenvalue weighted by molar-refractivity contribution is -0.130. The van der Waals surface area contributed by atoms with E-state index in [0.717, 1.165) is 70.5 Å². The maximum Gasteiger partial charge on any atom is 0.243 e. The molecule has 0 N–H and O–H groups in total. The Bertz CT molecular complexity index is 545. The zero-order valence-electron chi connectivity index (χ0n) is 15.1. The third-order valence-corrected chi connectivity index (χ3v) is 5.43. The second kappa shape index (κ2) is 7.61. The van der Waals surface area contributed by atoms with Crippen LogP contribution in [-0.2, 0) is 4.79 Å². The third-order valence-electron chi connectivity index (χ3n) is 5.43. The van der Waals surface area contributed by atoms with Gasteiger partial charge in [0.2, 0.25) is 11.8 Å². The monoisotopic (exact) mass is 335 g/mol. The number of amides is 1. The highest BCUT2D eigenvalue weighted by Crippen LogP contribution is 2.22. The van der Waals surface area contributed by atoms with Gasteiger partial charge >= 0.3 is 0 Å². The molecule has 0 unspecified atom stereocenters. The van der Waals surface area contributed by atoms with Gasteiger partial charge in [-0.25, -0.2) is 0 Å². The van der Waals surface area contributed by atoms with E-state index < -0.39 is 0 Å². The molecule has 1 amide bonds. The van der Waals surface area contributed by atoms with Crippen LogP contribution in [0.4, 0.5) is 0 Å². The highest BCUT2D eigenvalue weighted by molar-refractivity contribution is 5.73. The van der Waals surface area contributed by atoms with Gasteiger partial charge in [-0.05, 0) is 32.6 Å². The Morgan fingerprint density at radius 1 is 1.21 bits per heavy atom. The maximum atomic E-state index is 11.4. The average molecular weight is 335 g/mol. The van der Waals surface area contributed by atoms with Crippen LogP contribution in [0.2, 0.25) is 0 Å². The van der Waals surface area contributed by atoms with E-state index in [9.17, 15) is 4.79 Å². The van der Waals surface area contributed by atoms with Gasteiger partial charge in [0, 0.05) is 52.7 Å². The summed E-state index contributed by atoms with van der Waals surface area (Å²) >= 11 is 0. The summed E-state index contributed by atoms with van der Waals surface area (Å²) in [7, 11) is 0. The van der Waals surface area contributed by atoms with Crippen molar-refractivity contribution in [3.05, 3.63) is 11.7 Å². The van der Waals surface area contributed by atoms with E-state index in [0.29, 0.717) is 5.82 Å². The lowest BCUT2D eigenvalue weighted by atomic mass is 9.96. The van der Waals surface area contributed by atoms with Crippen LogP contribution in [0, 0.1) is 12.8 Å². The molecule has 0 aliphatic carbocycles. The standard InChI is InChI=1S/C17H29N5O2/c1-13(17-18-14(2)19-24-17)21-10-8-20(9-11-21)12-16-4-6-22(7-5-16)15(3)23/h13,16H,4-12H2,1-3H3/t13-/m0/s1. The Morgan fingerprint density at radius 3 is 2.42 bits per heavy atom. The molecule has 134 valence electrons. The second-order valence-electron chi connectivity index (χ2n) is 7.14. The van der Waals surface area contributed by atoms with E-state index in [1.807, 2.05) is 11.8 Å². The van der Waals surface area contributed by atoms with Gasteiger partial charge in [0.15, 0.2) is 5.82 Å². The minimum absolute atomic E-state index is 0.187. The quantitative estimate of drug-likeness (QED) is 0.827. The van der Waals surface area contributed by atoms with Crippen molar-refractivity contribution in [2.45, 2.75) is 39.7 Å². The summed E-state index contributed by atoms with van der Waals surface area (Å²) in [5, 5.41) is 3.89. The van der Waals surface area contributed by atoms with Gasteiger partial charge in [-0.2, -0.15) is 4.98 Å². The lowest BCUT2D eigenvalue weighted by Gasteiger charge is -2.39. The molecular weight excluding hydrogens is 306 g/mol. The van der Waals surface area contributed by atoms with E-state index in [4.69, 9.17) is 4.52 Å². The molecule has 0 saturated carbocycles. The van der Waals surface area contributed by atoms with Crippen molar-refractivity contribution in [2.24, 2.45) is 5.92 Å². The average Bonchev–Trinajstić information content (AvgIpc) is 3.02. The fourth-order valence-corrected chi connectivity index (χ4v) is 3.77. The van der Waals surface area contributed by atoms with Gasteiger partial charge in [-0.1, -0.05) is 5.16 Å². The Balaban J connectivity index is 1.42. The topological polar surface area (TPSA) is 65.7 Å². The normalized spacial score (nSPS) is 22.7. The molecule has 0 spiro atoms. The van der Waals surface area contributed by atoms with Crippen LogP contribution in [0.3, 0.4) is 0 Å². The van der Waals surface area contributed by atoms with Crippen LogP contribution in [0.5, 0.6) is 0 Å². The van der Waals surface area contributed by atoms with Crippen molar-refractivity contribution < 1.29 is 9.32 Å². The smallest absolute Gasteiger partial charge is 0.243 e. The molecule has 7 heteroatoms. The van der Waals surface area contributed by atoms with Crippen molar-refractivity contribution >= 4 is 5.91 Å². The summed E-state index contributed by atoms with van der Waals surface area (Å²) < 4.78 is 5.31. The number of hydrogen-bond donors (Lipinski definition) is 0. The predicted molar refractivity (Wildman–Crippen MR) is 90.4 cm³/mol. The van der Waals surface area contributed by atoms with Crippen molar-refractivity contribution in [1.29, 1.82) is 0 Å². The summed E-state index contributed by atoms with van der Waals surface area (Å²) in [6.07, 6.45) is 2.27. The van der Waals surface area contributed by atoms with E-state index in [1.54, 1.807) is 6.92 Å². The third kappa shape index (κ3) is 4.13. The molecular formula is C17H29N5O2. The van der Waals surface area contributed by atoms with Crippen LogP contribution < -0.4 is 0 Å². The number of aromatic nitrogens is 2. The maximum absolute atomic E-state index is 11.4. The molecule has 2 aliphatic rings. The first-order valence-electron chi connectivity index (χ1n) is 9.05. The first-order chi connectivity index (χ1) is 11.5. The number of piperazine rings is 1. The van der Waals surface area contributed by atoms with Crippen LogP contribution in [-0.4, -0.2) is 76.6 Å². The Hall–Kier alpha value is -1.47. The first-order valence-corrected chi connectivity index (χ1v) is 9.05. The van der Waals surface area contributed by atoms with E-state index >= 15 is 0 Å². The molecule has 3 rings (SSSR count). The molecule has 2 aliphatic heterocycles. The summed E-state index contributed by atoms with van der Waals surface area (Å²) in [6, 6.07) is 0.187. The summed E-state index contributed by atoms with van der Waals surface area (Å²) in [6.45, 7) is 12.9. The summed E-state index contributed by atoms with van der Waals surface area (Å²) in [5.74, 6) is 2.36. The number of carbonyl (C=O) groups is 1. The molecule has 2 fully saturated rings. The molecule has 3 heterocycles. The van der Waals surface area contributed by atoms with E-state index in [-0.39, 0.29) is 11.9 Å². The van der Waals surface area contributed by atoms with Gasteiger partial charge in [0.05, 0.1) is 6.04 Å². The predicted octanol–water partition coefficient (Wildman–Crippen LogP) is 1.32. The van der Waals surface area contributed by atoms with Crippen LogP contribution in [0.25, 0.3) is 0 Å². The zero-order chi connectivity index (χ0) is 17.1. The number of hydrogen-bond acceptors (Lipinski definition) is 6. The van der Waals surface area contributed by atoms with Crippen molar-refractivity contribution in [3.8, 4) is 0 Å². The fourth-order valence-electron chi connectivity index (χ4n) is 3.77. The molecule has 2 saturated heterocycles. The van der Waals surface area contributed by atoms with Crippen molar-refractivity contribution in [2.75, 3.05) is 45.8 Å². The van der Waals surface area contributed by atoms with Gasteiger partial charge in [-0.3, -0.25) is 9.69 Å². The molecule has 1 aromatic heterocycles. The largest absolute Gasteiger partial charge is 0.343 e. The first kappa shape index (κ1) is 17.4. The highest BCUT2D eigenvalue weighted by atomic mass is 16.5. The molecule has 0 bridgehead atoms. The number of carbonyl (C=O) groups excluding carboxylic acids is 1. The van der Waals surface area contributed by atoms with Gasteiger partial charge < -0.3 is 14.3 Å². The minimum Gasteiger partial charge on any atom is -0.343 e. The molecule has 1 atom stereocenters. The minimum atomic E-state index is 0.187. The van der Waals surface area contributed by atoms with Crippen molar-refractivity contribution in [3.63, 3.8) is 0 Å². The number of likely N-dealkylation sites (tertiary alicyclic amines) is 1. The van der Waals surface area contributed by atoms with Crippen LogP contribution in [0.15, 0.2) is 4.52 Å². The van der Waals surface area contributed by atoms with Crippen LogP contribution in [0.1, 0.15) is 44.4 Å². The Kier molecular flexibility index (Phi) is 5.50. The molecule has 1 aromatic rings. The lowest BCUT2D eigenvalue weighted by Crippen LogP contribution is -2.49. The SMILES string of the molecule is CC(=O)N1CCC(CN2CCN([C@@H](C)c3nc(C)no3)CC2)CC1. The number of rotatable bonds is 4. The van der Waals surface area contributed by atoms with E-state index in [1.165, 1.54) is 0 Å². The van der Waals surface area contributed by atoms with Gasteiger partial charge in [-0.15, -0.1) is 0 Å². The highest BCUT2D eigenvalue weighted by Gasteiger charge is 2.28. The second-order valence-corrected chi connectivity index (χ2v) is 7.14. The Morgan fingerprint density at radius 2 is 1.88 bits per heavy atom. The van der Waals surface area contributed by atoms with Crippen LogP contribution >= 0.6 is 0 Å². The molecule has 0 aromatic carbocycles. The van der Waals surface area contributed by atoms with Gasteiger partial charge in [0.1, 0.15) is 0 Å². The number of nitrogens with zero attached hydrogens (tertiary/aromatic N) is 5. The van der Waals surface area contributed by atoms with E-state index in [2.05, 4.69) is 26.9 Å². The Labute approximate surface area is 144 Å². The number of aryl methyl sites for hydroxylation is 1. The van der Waals surface area contributed by atoms with Gasteiger partial charge in [0.25, 0.3) is 0 Å². The summed E-state index contributed by atoms with van der Waals surface area (Å²) in [5.41, 5.74) is 0. The molecule has 0 radical (unpaired) electrons. The molecule has 7 nitrogen and oxygen atoms in total. The molecule has 24 heavy (non-hydrogen) atoms. The zero-order valence-corrected chi connectivity index (χ0v) is 15.1. The number of piperidine rings is 1. The van der Waals surface area contributed by atoms with Crippen molar-refractivity contribution in [1.82, 2.24) is 24.8 Å².